The standard InChI is InChI=1S/C10H13BrFNO2S/c1-8(7-11)13(2)16(14,15)10-6-4-3-5-9(10)12/h3-6,8H,7H2,1-2H3. The van der Waals surface area contributed by atoms with Crippen LogP contribution < -0.4 is 0 Å². The second-order valence-electron chi connectivity index (χ2n) is 3.45. The van der Waals surface area contributed by atoms with Crippen LogP contribution in [-0.4, -0.2) is 31.1 Å². The van der Waals surface area contributed by atoms with Crippen LogP contribution in [0.15, 0.2) is 29.2 Å². The van der Waals surface area contributed by atoms with Crippen molar-refractivity contribution >= 4 is 26.0 Å². The van der Waals surface area contributed by atoms with Crippen molar-refractivity contribution in [1.29, 1.82) is 0 Å². The van der Waals surface area contributed by atoms with Crippen molar-refractivity contribution in [3.8, 4) is 0 Å². The molecule has 16 heavy (non-hydrogen) atoms. The predicted molar refractivity (Wildman–Crippen MR) is 64.6 cm³/mol. The molecule has 0 bridgehead atoms. The highest BCUT2D eigenvalue weighted by atomic mass is 79.9. The second-order valence-corrected chi connectivity index (χ2v) is 6.07. The summed E-state index contributed by atoms with van der Waals surface area (Å²) >= 11 is 3.20. The molecule has 0 aliphatic carbocycles. The summed E-state index contributed by atoms with van der Waals surface area (Å²) in [6, 6.07) is 5.14. The van der Waals surface area contributed by atoms with E-state index in [9.17, 15) is 12.8 Å². The average molecular weight is 310 g/mol. The third kappa shape index (κ3) is 2.61. The quantitative estimate of drug-likeness (QED) is 0.800. The van der Waals surface area contributed by atoms with Gasteiger partial charge in [-0.05, 0) is 19.1 Å². The lowest BCUT2D eigenvalue weighted by Crippen LogP contribution is -2.36. The van der Waals surface area contributed by atoms with Gasteiger partial charge in [-0.25, -0.2) is 12.8 Å². The molecule has 0 aliphatic rings. The van der Waals surface area contributed by atoms with E-state index in [4.69, 9.17) is 0 Å². The van der Waals surface area contributed by atoms with Gasteiger partial charge >= 0.3 is 0 Å². The van der Waals surface area contributed by atoms with Crippen LogP contribution in [0.25, 0.3) is 0 Å². The van der Waals surface area contributed by atoms with Crippen LogP contribution in [0.3, 0.4) is 0 Å². The zero-order valence-corrected chi connectivity index (χ0v) is 11.4. The molecule has 1 aromatic rings. The lowest BCUT2D eigenvalue weighted by atomic mass is 10.3. The molecule has 0 amide bonds. The molecule has 1 aromatic carbocycles. The number of hydrogen-bond acceptors (Lipinski definition) is 2. The summed E-state index contributed by atoms with van der Waals surface area (Å²) in [5, 5.41) is 0.497. The topological polar surface area (TPSA) is 37.4 Å². The van der Waals surface area contributed by atoms with Gasteiger partial charge in [-0.15, -0.1) is 0 Å². The minimum Gasteiger partial charge on any atom is -0.207 e. The minimum atomic E-state index is -3.75. The Labute approximate surface area is 103 Å². The van der Waals surface area contributed by atoms with Crippen LogP contribution in [0.5, 0.6) is 0 Å². The van der Waals surface area contributed by atoms with Crippen LogP contribution in [0, 0.1) is 5.82 Å². The molecule has 0 radical (unpaired) electrons. The molecule has 6 heteroatoms. The van der Waals surface area contributed by atoms with Gasteiger partial charge in [0.1, 0.15) is 10.7 Å². The van der Waals surface area contributed by atoms with Gasteiger partial charge in [0, 0.05) is 18.4 Å². The van der Waals surface area contributed by atoms with Crippen LogP contribution >= 0.6 is 15.9 Å². The minimum absolute atomic E-state index is 0.232. The lowest BCUT2D eigenvalue weighted by Gasteiger charge is -2.22. The summed E-state index contributed by atoms with van der Waals surface area (Å²) in [5.41, 5.74) is 0. The Hall–Kier alpha value is -0.460. The molecule has 0 aliphatic heterocycles. The van der Waals surface area contributed by atoms with Crippen molar-refractivity contribution in [3.63, 3.8) is 0 Å². The van der Waals surface area contributed by atoms with E-state index in [1.54, 1.807) is 6.92 Å². The van der Waals surface area contributed by atoms with Gasteiger partial charge in [0.25, 0.3) is 0 Å². The van der Waals surface area contributed by atoms with E-state index in [0.717, 1.165) is 10.4 Å². The average Bonchev–Trinajstić information content (AvgIpc) is 2.27. The monoisotopic (exact) mass is 309 g/mol. The molecule has 1 unspecified atom stereocenters. The summed E-state index contributed by atoms with van der Waals surface area (Å²) in [7, 11) is -2.31. The maximum atomic E-state index is 13.4. The summed E-state index contributed by atoms with van der Waals surface area (Å²) in [6.07, 6.45) is 0. The van der Waals surface area contributed by atoms with Gasteiger partial charge in [-0.2, -0.15) is 4.31 Å². The first kappa shape index (κ1) is 13.6. The molecule has 3 nitrogen and oxygen atoms in total. The molecule has 1 rings (SSSR count). The van der Waals surface area contributed by atoms with Crippen molar-refractivity contribution in [2.24, 2.45) is 0 Å². The maximum Gasteiger partial charge on any atom is 0.246 e. The maximum absolute atomic E-state index is 13.4. The van der Waals surface area contributed by atoms with E-state index in [1.807, 2.05) is 0 Å². The fraction of sp³-hybridized carbons (Fsp3) is 0.400. The van der Waals surface area contributed by atoms with E-state index in [2.05, 4.69) is 15.9 Å². The Balaban J connectivity index is 3.17. The van der Waals surface area contributed by atoms with E-state index in [1.165, 1.54) is 25.2 Å². The molecule has 0 aromatic heterocycles. The Morgan fingerprint density at radius 1 is 1.44 bits per heavy atom. The first-order chi connectivity index (χ1) is 7.41. The summed E-state index contributed by atoms with van der Waals surface area (Å²) < 4.78 is 38.6. The molecule has 0 saturated heterocycles. The van der Waals surface area contributed by atoms with Gasteiger partial charge in [-0.3, -0.25) is 0 Å². The Kier molecular flexibility index (Phi) is 4.46. The van der Waals surface area contributed by atoms with E-state index >= 15 is 0 Å². The van der Waals surface area contributed by atoms with Crippen LogP contribution in [0.2, 0.25) is 0 Å². The van der Waals surface area contributed by atoms with Crippen molar-refractivity contribution in [2.75, 3.05) is 12.4 Å². The summed E-state index contributed by atoms with van der Waals surface area (Å²) in [5.74, 6) is -0.726. The predicted octanol–water partition coefficient (Wildman–Crippen LogP) is 2.23. The molecule has 0 heterocycles. The summed E-state index contributed by atoms with van der Waals surface area (Å²) in [6.45, 7) is 1.74. The van der Waals surface area contributed by atoms with Gasteiger partial charge in [0.05, 0.1) is 0 Å². The third-order valence-corrected chi connectivity index (χ3v) is 5.28. The highest BCUT2D eigenvalue weighted by molar-refractivity contribution is 9.09. The number of hydrogen-bond donors (Lipinski definition) is 0. The molecule has 0 fully saturated rings. The highest BCUT2D eigenvalue weighted by Crippen LogP contribution is 2.19. The van der Waals surface area contributed by atoms with Crippen molar-refractivity contribution in [3.05, 3.63) is 30.1 Å². The molecular weight excluding hydrogens is 297 g/mol. The van der Waals surface area contributed by atoms with Gasteiger partial charge in [0.15, 0.2) is 0 Å². The van der Waals surface area contributed by atoms with Crippen molar-refractivity contribution in [2.45, 2.75) is 17.9 Å². The van der Waals surface area contributed by atoms with Crippen LogP contribution in [0.1, 0.15) is 6.92 Å². The largest absolute Gasteiger partial charge is 0.246 e. The van der Waals surface area contributed by atoms with Gasteiger partial charge in [0.2, 0.25) is 10.0 Å². The highest BCUT2D eigenvalue weighted by Gasteiger charge is 2.27. The van der Waals surface area contributed by atoms with Gasteiger partial charge in [-0.1, -0.05) is 28.1 Å². The first-order valence-electron chi connectivity index (χ1n) is 4.69. The molecular formula is C10H13BrFNO2S. The third-order valence-electron chi connectivity index (χ3n) is 2.34. The number of sulfonamides is 1. The van der Waals surface area contributed by atoms with Gasteiger partial charge < -0.3 is 0 Å². The first-order valence-corrected chi connectivity index (χ1v) is 7.26. The van der Waals surface area contributed by atoms with Crippen LogP contribution in [0.4, 0.5) is 4.39 Å². The zero-order chi connectivity index (χ0) is 12.3. The summed E-state index contributed by atoms with van der Waals surface area (Å²) in [4.78, 5) is -0.287. The van der Waals surface area contributed by atoms with E-state index in [0.29, 0.717) is 5.33 Å². The number of nitrogens with zero attached hydrogens (tertiary/aromatic N) is 1. The molecule has 0 spiro atoms. The normalized spacial score (nSPS) is 14.1. The fourth-order valence-electron chi connectivity index (χ4n) is 1.14. The van der Waals surface area contributed by atoms with E-state index in [-0.39, 0.29) is 10.9 Å². The Morgan fingerprint density at radius 2 is 2.00 bits per heavy atom. The van der Waals surface area contributed by atoms with Crippen LogP contribution in [-0.2, 0) is 10.0 Å². The number of halogens is 2. The Morgan fingerprint density at radius 3 is 2.50 bits per heavy atom. The molecule has 1 atom stereocenters. The molecule has 0 N–H and O–H groups in total. The number of rotatable bonds is 4. The number of alkyl halides is 1. The lowest BCUT2D eigenvalue weighted by molar-refractivity contribution is 0.412. The fourth-order valence-corrected chi connectivity index (χ4v) is 3.19. The van der Waals surface area contributed by atoms with Crippen molar-refractivity contribution in [1.82, 2.24) is 4.31 Å². The number of benzene rings is 1. The zero-order valence-electron chi connectivity index (χ0n) is 9.02. The SMILES string of the molecule is CC(CBr)N(C)S(=O)(=O)c1ccccc1F. The smallest absolute Gasteiger partial charge is 0.207 e. The van der Waals surface area contributed by atoms with E-state index < -0.39 is 15.8 Å². The Bertz CT molecular complexity index is 464. The molecule has 90 valence electrons. The van der Waals surface area contributed by atoms with Crippen molar-refractivity contribution < 1.29 is 12.8 Å². The second kappa shape index (κ2) is 5.25. The molecule has 0 saturated carbocycles.